The van der Waals surface area contributed by atoms with Gasteiger partial charge in [0.05, 0.1) is 0 Å². The number of hydrogen-bond acceptors (Lipinski definition) is 2. The van der Waals surface area contributed by atoms with Crippen molar-refractivity contribution in [3.05, 3.63) is 32.8 Å². The first-order valence-corrected chi connectivity index (χ1v) is 6.71. The van der Waals surface area contributed by atoms with Gasteiger partial charge in [0, 0.05) is 42.2 Å². The normalized spacial score (nSPS) is 17.7. The van der Waals surface area contributed by atoms with Crippen LogP contribution in [0, 0.1) is 6.92 Å². The molecule has 1 aromatic carbocycles. The van der Waals surface area contributed by atoms with Crippen molar-refractivity contribution in [3.8, 4) is 0 Å². The molecule has 1 aromatic rings. The van der Waals surface area contributed by atoms with Crippen LogP contribution in [0.2, 0.25) is 5.02 Å². The fourth-order valence-corrected chi connectivity index (χ4v) is 2.85. The molecule has 0 aromatic heterocycles. The lowest BCUT2D eigenvalue weighted by Gasteiger charge is -2.28. The maximum atomic E-state index is 6.18. The number of halogens is 2. The summed E-state index contributed by atoms with van der Waals surface area (Å²) in [6.45, 7) is 7.48. The monoisotopic (exact) mass is 302 g/mol. The van der Waals surface area contributed by atoms with Crippen molar-refractivity contribution < 1.29 is 0 Å². The van der Waals surface area contributed by atoms with Gasteiger partial charge in [-0.1, -0.05) is 27.5 Å². The molecule has 16 heavy (non-hydrogen) atoms. The maximum absolute atomic E-state index is 6.18. The zero-order valence-corrected chi connectivity index (χ0v) is 11.7. The quantitative estimate of drug-likeness (QED) is 0.904. The molecule has 1 aliphatic heterocycles. The van der Waals surface area contributed by atoms with Crippen LogP contribution in [-0.4, -0.2) is 31.1 Å². The third kappa shape index (κ3) is 2.98. The lowest BCUT2D eigenvalue weighted by Crippen LogP contribution is -2.43. The van der Waals surface area contributed by atoms with Gasteiger partial charge in [0.1, 0.15) is 0 Å². The summed E-state index contributed by atoms with van der Waals surface area (Å²) in [6, 6.07) is 4.13. The van der Waals surface area contributed by atoms with Crippen LogP contribution >= 0.6 is 27.5 Å². The highest BCUT2D eigenvalue weighted by Gasteiger charge is 2.12. The molecule has 2 nitrogen and oxygen atoms in total. The number of nitrogens with one attached hydrogen (secondary N) is 1. The molecule has 4 heteroatoms. The van der Waals surface area contributed by atoms with Crippen LogP contribution in [0.5, 0.6) is 0 Å². The summed E-state index contributed by atoms with van der Waals surface area (Å²) in [7, 11) is 0. The fourth-order valence-electron chi connectivity index (χ4n) is 1.97. The molecule has 0 atom stereocenters. The van der Waals surface area contributed by atoms with E-state index in [-0.39, 0.29) is 0 Å². The molecule has 1 fully saturated rings. The van der Waals surface area contributed by atoms with E-state index in [9.17, 15) is 0 Å². The van der Waals surface area contributed by atoms with Gasteiger partial charge in [-0.05, 0) is 30.2 Å². The van der Waals surface area contributed by atoms with Crippen molar-refractivity contribution in [1.29, 1.82) is 0 Å². The Morgan fingerprint density at radius 2 is 2.06 bits per heavy atom. The number of nitrogens with zero attached hydrogens (tertiary/aromatic N) is 1. The number of benzene rings is 1. The second-order valence-electron chi connectivity index (χ2n) is 4.20. The van der Waals surface area contributed by atoms with Crippen LogP contribution in [0.25, 0.3) is 0 Å². The van der Waals surface area contributed by atoms with Crippen molar-refractivity contribution in [2.75, 3.05) is 26.2 Å². The third-order valence-electron chi connectivity index (χ3n) is 3.02. The van der Waals surface area contributed by atoms with Gasteiger partial charge in [-0.2, -0.15) is 0 Å². The number of piperazine rings is 1. The van der Waals surface area contributed by atoms with Crippen molar-refractivity contribution in [3.63, 3.8) is 0 Å². The summed E-state index contributed by atoms with van der Waals surface area (Å²) in [5.41, 5.74) is 2.52. The van der Waals surface area contributed by atoms with Crippen molar-refractivity contribution in [2.24, 2.45) is 0 Å². The molecule has 0 saturated carbocycles. The molecule has 0 unspecified atom stereocenters. The van der Waals surface area contributed by atoms with Gasteiger partial charge in [-0.3, -0.25) is 4.90 Å². The van der Waals surface area contributed by atoms with E-state index in [1.807, 2.05) is 6.07 Å². The molecule has 0 aliphatic carbocycles. The van der Waals surface area contributed by atoms with E-state index < -0.39 is 0 Å². The topological polar surface area (TPSA) is 15.3 Å². The Labute approximate surface area is 110 Å². The second kappa shape index (κ2) is 5.50. The van der Waals surface area contributed by atoms with Crippen LogP contribution in [0.4, 0.5) is 0 Å². The van der Waals surface area contributed by atoms with Crippen LogP contribution < -0.4 is 5.32 Å². The van der Waals surface area contributed by atoms with E-state index in [0.717, 1.165) is 42.2 Å². The Kier molecular flexibility index (Phi) is 4.25. The predicted molar refractivity (Wildman–Crippen MR) is 72.0 cm³/mol. The molecule has 0 amide bonds. The fraction of sp³-hybridized carbons (Fsp3) is 0.500. The molecule has 1 N–H and O–H groups in total. The van der Waals surface area contributed by atoms with E-state index in [0.29, 0.717) is 0 Å². The molecule has 0 bridgehead atoms. The average Bonchev–Trinajstić information content (AvgIpc) is 2.27. The minimum absolute atomic E-state index is 0.847. The zero-order valence-electron chi connectivity index (χ0n) is 9.39. The summed E-state index contributed by atoms with van der Waals surface area (Å²) >= 11 is 9.67. The van der Waals surface area contributed by atoms with Gasteiger partial charge in [0.2, 0.25) is 0 Å². The lowest BCUT2D eigenvalue weighted by atomic mass is 10.1. The van der Waals surface area contributed by atoms with Gasteiger partial charge in [0.15, 0.2) is 0 Å². The standard InChI is InChI=1S/C12H16BrClN2/c1-9-10(6-11(13)7-12(9)14)8-16-4-2-15-3-5-16/h6-7,15H,2-5,8H2,1H3. The summed E-state index contributed by atoms with van der Waals surface area (Å²) in [5, 5.41) is 4.21. The Hall–Kier alpha value is -0.0900. The van der Waals surface area contributed by atoms with Crippen molar-refractivity contribution >= 4 is 27.5 Å². The first-order chi connectivity index (χ1) is 7.66. The van der Waals surface area contributed by atoms with E-state index in [1.165, 1.54) is 11.1 Å². The third-order valence-corrected chi connectivity index (χ3v) is 3.87. The van der Waals surface area contributed by atoms with E-state index in [1.54, 1.807) is 0 Å². The zero-order chi connectivity index (χ0) is 11.5. The van der Waals surface area contributed by atoms with Gasteiger partial charge < -0.3 is 5.32 Å². The van der Waals surface area contributed by atoms with Crippen LogP contribution in [-0.2, 0) is 6.54 Å². The highest BCUT2D eigenvalue weighted by atomic mass is 79.9. The summed E-state index contributed by atoms with van der Waals surface area (Å²) < 4.78 is 1.06. The van der Waals surface area contributed by atoms with Crippen molar-refractivity contribution in [2.45, 2.75) is 13.5 Å². The van der Waals surface area contributed by atoms with Gasteiger partial charge in [-0.15, -0.1) is 0 Å². The molecule has 88 valence electrons. The molecule has 1 aliphatic rings. The average molecular weight is 304 g/mol. The van der Waals surface area contributed by atoms with E-state index in [2.05, 4.69) is 39.1 Å². The molecule has 2 rings (SSSR count). The second-order valence-corrected chi connectivity index (χ2v) is 5.52. The highest BCUT2D eigenvalue weighted by Crippen LogP contribution is 2.25. The van der Waals surface area contributed by atoms with E-state index >= 15 is 0 Å². The molecular formula is C12H16BrClN2. The Morgan fingerprint density at radius 1 is 1.38 bits per heavy atom. The summed E-state index contributed by atoms with van der Waals surface area (Å²) in [6.07, 6.45) is 0. The number of rotatable bonds is 2. The number of hydrogen-bond donors (Lipinski definition) is 1. The van der Waals surface area contributed by atoms with E-state index in [4.69, 9.17) is 11.6 Å². The SMILES string of the molecule is Cc1c(Cl)cc(Br)cc1CN1CCNCC1. The first-order valence-electron chi connectivity index (χ1n) is 5.54. The summed E-state index contributed by atoms with van der Waals surface area (Å²) in [5.74, 6) is 0. The largest absolute Gasteiger partial charge is 0.314 e. The van der Waals surface area contributed by atoms with Gasteiger partial charge in [-0.25, -0.2) is 0 Å². The first kappa shape index (κ1) is 12.4. The predicted octanol–water partition coefficient (Wildman–Crippen LogP) is 2.82. The lowest BCUT2D eigenvalue weighted by molar-refractivity contribution is 0.233. The molecule has 0 spiro atoms. The molecule has 0 radical (unpaired) electrons. The van der Waals surface area contributed by atoms with Crippen LogP contribution in [0.15, 0.2) is 16.6 Å². The minimum Gasteiger partial charge on any atom is -0.314 e. The molecule has 1 heterocycles. The Morgan fingerprint density at radius 3 is 2.75 bits per heavy atom. The highest BCUT2D eigenvalue weighted by molar-refractivity contribution is 9.10. The molecular weight excluding hydrogens is 288 g/mol. The smallest absolute Gasteiger partial charge is 0.0449 e. The van der Waals surface area contributed by atoms with Crippen LogP contribution in [0.1, 0.15) is 11.1 Å². The van der Waals surface area contributed by atoms with Gasteiger partial charge in [0.25, 0.3) is 0 Å². The Bertz CT molecular complexity index is 376. The summed E-state index contributed by atoms with van der Waals surface area (Å²) in [4.78, 5) is 2.46. The molecule has 1 saturated heterocycles. The maximum Gasteiger partial charge on any atom is 0.0449 e. The Balaban J connectivity index is 2.13. The van der Waals surface area contributed by atoms with Gasteiger partial charge >= 0.3 is 0 Å². The van der Waals surface area contributed by atoms with Crippen molar-refractivity contribution in [1.82, 2.24) is 10.2 Å². The minimum atomic E-state index is 0.847. The van der Waals surface area contributed by atoms with Crippen LogP contribution in [0.3, 0.4) is 0 Å².